The van der Waals surface area contributed by atoms with Gasteiger partial charge in [-0.25, -0.2) is 0 Å². The first kappa shape index (κ1) is 9.71. The first-order valence-corrected chi connectivity index (χ1v) is 5.22. The molecule has 0 saturated carbocycles. The van der Waals surface area contributed by atoms with Gasteiger partial charge in [-0.1, -0.05) is 20.8 Å². The summed E-state index contributed by atoms with van der Waals surface area (Å²) in [6.07, 6.45) is 3.01. The van der Waals surface area contributed by atoms with Gasteiger partial charge in [0.1, 0.15) is 0 Å². The lowest BCUT2D eigenvalue weighted by Gasteiger charge is -2.18. The molecule has 0 unspecified atom stereocenters. The second-order valence-corrected chi connectivity index (χ2v) is 4.84. The Labute approximate surface area is 85.1 Å². The number of hydrogen-bond donors (Lipinski definition) is 0. The highest BCUT2D eigenvalue weighted by Gasteiger charge is 2.22. The second kappa shape index (κ2) is 3.39. The second-order valence-electron chi connectivity index (χ2n) is 4.84. The van der Waals surface area contributed by atoms with Crippen molar-refractivity contribution in [3.8, 4) is 0 Å². The zero-order chi connectivity index (χ0) is 10.2. The lowest BCUT2D eigenvalue weighted by molar-refractivity contribution is 0.138. The van der Waals surface area contributed by atoms with E-state index < -0.39 is 0 Å². The fraction of sp³-hybridized carbons (Fsp3) is 0.727. The minimum Gasteiger partial charge on any atom is -0.379 e. The Bertz CT molecular complexity index is 323. The number of fused-ring (bicyclic) bond motifs is 1. The van der Waals surface area contributed by atoms with Gasteiger partial charge in [-0.05, 0) is 11.0 Å². The van der Waals surface area contributed by atoms with E-state index >= 15 is 0 Å². The van der Waals surface area contributed by atoms with E-state index in [4.69, 9.17) is 4.74 Å². The molecule has 0 fully saturated rings. The SMILES string of the molecule is CC(C)(C)c1cnn2c1CCOCC2. The average Bonchev–Trinajstić information content (AvgIpc) is 2.36. The number of ether oxygens (including phenoxy) is 1. The Morgan fingerprint density at radius 2 is 2.14 bits per heavy atom. The summed E-state index contributed by atoms with van der Waals surface area (Å²) in [6.45, 7) is 9.21. The van der Waals surface area contributed by atoms with Gasteiger partial charge in [0.05, 0.1) is 26.0 Å². The molecule has 0 spiro atoms. The number of nitrogens with zero attached hydrogens (tertiary/aromatic N) is 2. The van der Waals surface area contributed by atoms with E-state index in [2.05, 4.69) is 30.6 Å². The molecule has 0 aromatic carbocycles. The summed E-state index contributed by atoms with van der Waals surface area (Å²) in [5.41, 5.74) is 2.91. The number of rotatable bonds is 0. The van der Waals surface area contributed by atoms with Gasteiger partial charge in [0, 0.05) is 12.1 Å². The van der Waals surface area contributed by atoms with Gasteiger partial charge >= 0.3 is 0 Å². The highest BCUT2D eigenvalue weighted by Crippen LogP contribution is 2.26. The molecular weight excluding hydrogens is 176 g/mol. The summed E-state index contributed by atoms with van der Waals surface area (Å²) < 4.78 is 7.53. The van der Waals surface area contributed by atoms with Crippen LogP contribution in [0, 0.1) is 0 Å². The molecule has 1 aliphatic heterocycles. The first-order chi connectivity index (χ1) is 6.59. The minimum atomic E-state index is 0.192. The molecule has 0 bridgehead atoms. The summed E-state index contributed by atoms with van der Waals surface area (Å²) in [5.74, 6) is 0. The zero-order valence-electron chi connectivity index (χ0n) is 9.21. The molecule has 0 atom stereocenters. The topological polar surface area (TPSA) is 27.1 Å². The van der Waals surface area contributed by atoms with E-state index in [-0.39, 0.29) is 5.41 Å². The quantitative estimate of drug-likeness (QED) is 0.629. The highest BCUT2D eigenvalue weighted by atomic mass is 16.5. The third-order valence-corrected chi connectivity index (χ3v) is 2.69. The lowest BCUT2D eigenvalue weighted by atomic mass is 9.87. The molecule has 2 rings (SSSR count). The van der Waals surface area contributed by atoms with Gasteiger partial charge in [0.25, 0.3) is 0 Å². The Morgan fingerprint density at radius 3 is 2.86 bits per heavy atom. The predicted octanol–water partition coefficient (Wildman–Crippen LogP) is 1.75. The third kappa shape index (κ3) is 1.69. The van der Waals surface area contributed by atoms with E-state index in [1.165, 1.54) is 11.3 Å². The maximum absolute atomic E-state index is 5.44. The van der Waals surface area contributed by atoms with Crippen molar-refractivity contribution in [3.05, 3.63) is 17.5 Å². The zero-order valence-corrected chi connectivity index (χ0v) is 9.21. The normalized spacial score (nSPS) is 17.6. The Balaban J connectivity index is 2.39. The van der Waals surface area contributed by atoms with Crippen LogP contribution in [0.25, 0.3) is 0 Å². The average molecular weight is 194 g/mol. The van der Waals surface area contributed by atoms with Crippen LogP contribution in [-0.2, 0) is 23.1 Å². The molecule has 0 aliphatic carbocycles. The largest absolute Gasteiger partial charge is 0.379 e. The molecule has 1 aromatic rings. The van der Waals surface area contributed by atoms with E-state index in [1.54, 1.807) is 0 Å². The smallest absolute Gasteiger partial charge is 0.0662 e. The highest BCUT2D eigenvalue weighted by molar-refractivity contribution is 5.26. The van der Waals surface area contributed by atoms with Crippen molar-refractivity contribution in [1.82, 2.24) is 9.78 Å². The molecule has 3 heteroatoms. The monoisotopic (exact) mass is 194 g/mol. The van der Waals surface area contributed by atoms with Crippen molar-refractivity contribution in [2.24, 2.45) is 0 Å². The van der Waals surface area contributed by atoms with Gasteiger partial charge in [0.15, 0.2) is 0 Å². The summed E-state index contributed by atoms with van der Waals surface area (Å²) in [4.78, 5) is 0. The van der Waals surface area contributed by atoms with Crippen LogP contribution >= 0.6 is 0 Å². The summed E-state index contributed by atoms with van der Waals surface area (Å²) in [5, 5.41) is 4.42. The minimum absolute atomic E-state index is 0.192. The van der Waals surface area contributed by atoms with E-state index in [0.29, 0.717) is 0 Å². The van der Waals surface area contributed by atoms with Crippen molar-refractivity contribution in [3.63, 3.8) is 0 Å². The lowest BCUT2D eigenvalue weighted by Crippen LogP contribution is -2.14. The maximum atomic E-state index is 5.44. The molecule has 14 heavy (non-hydrogen) atoms. The molecule has 1 aromatic heterocycles. The summed E-state index contributed by atoms with van der Waals surface area (Å²) in [6, 6.07) is 0. The van der Waals surface area contributed by atoms with Crippen molar-refractivity contribution in [2.45, 2.75) is 39.2 Å². The number of hydrogen-bond acceptors (Lipinski definition) is 2. The van der Waals surface area contributed by atoms with Crippen LogP contribution in [0.1, 0.15) is 32.0 Å². The fourth-order valence-corrected chi connectivity index (χ4v) is 1.92. The molecule has 0 amide bonds. The molecule has 1 aliphatic rings. The van der Waals surface area contributed by atoms with E-state index in [1.807, 2.05) is 6.20 Å². The molecule has 0 N–H and O–H groups in total. The Morgan fingerprint density at radius 1 is 1.36 bits per heavy atom. The number of aromatic nitrogens is 2. The van der Waals surface area contributed by atoms with Gasteiger partial charge in [-0.2, -0.15) is 5.10 Å². The third-order valence-electron chi connectivity index (χ3n) is 2.69. The molecule has 2 heterocycles. The van der Waals surface area contributed by atoms with Crippen molar-refractivity contribution in [1.29, 1.82) is 0 Å². The van der Waals surface area contributed by atoms with Crippen molar-refractivity contribution < 1.29 is 4.74 Å². The van der Waals surface area contributed by atoms with Gasteiger partial charge in [-0.15, -0.1) is 0 Å². The predicted molar refractivity (Wildman–Crippen MR) is 55.5 cm³/mol. The van der Waals surface area contributed by atoms with Crippen molar-refractivity contribution in [2.75, 3.05) is 13.2 Å². The van der Waals surface area contributed by atoms with Crippen LogP contribution < -0.4 is 0 Å². The Kier molecular flexibility index (Phi) is 2.35. The van der Waals surface area contributed by atoms with Crippen LogP contribution in [0.3, 0.4) is 0 Å². The van der Waals surface area contributed by atoms with Crippen LogP contribution in [-0.4, -0.2) is 23.0 Å². The van der Waals surface area contributed by atoms with Crippen LogP contribution in [0.15, 0.2) is 6.20 Å². The van der Waals surface area contributed by atoms with Gasteiger partial charge in [0.2, 0.25) is 0 Å². The molecule has 3 nitrogen and oxygen atoms in total. The summed E-state index contributed by atoms with van der Waals surface area (Å²) in [7, 11) is 0. The standard InChI is InChI=1S/C11H18N2O/c1-11(2,3)9-8-12-13-5-7-14-6-4-10(9)13/h8H,4-7H2,1-3H3. The van der Waals surface area contributed by atoms with E-state index in [9.17, 15) is 0 Å². The van der Waals surface area contributed by atoms with Crippen LogP contribution in [0.5, 0.6) is 0 Å². The molecule has 78 valence electrons. The summed E-state index contributed by atoms with van der Waals surface area (Å²) >= 11 is 0. The molecular formula is C11H18N2O. The Hall–Kier alpha value is -0.830. The van der Waals surface area contributed by atoms with Gasteiger partial charge in [-0.3, -0.25) is 4.68 Å². The maximum Gasteiger partial charge on any atom is 0.0662 e. The van der Waals surface area contributed by atoms with Gasteiger partial charge < -0.3 is 4.74 Å². The molecule has 0 radical (unpaired) electrons. The van der Waals surface area contributed by atoms with E-state index in [0.717, 1.165) is 26.2 Å². The molecule has 0 saturated heterocycles. The fourth-order valence-electron chi connectivity index (χ4n) is 1.92. The van der Waals surface area contributed by atoms with Crippen LogP contribution in [0.4, 0.5) is 0 Å². The van der Waals surface area contributed by atoms with Crippen molar-refractivity contribution >= 4 is 0 Å². The first-order valence-electron chi connectivity index (χ1n) is 5.22. The van der Waals surface area contributed by atoms with Crippen LogP contribution in [0.2, 0.25) is 0 Å².